The topological polar surface area (TPSA) is 87.0 Å². The maximum absolute atomic E-state index is 12.4. The number of carbonyl (C=O) groups excluding carboxylic acids is 3. The van der Waals surface area contributed by atoms with Crippen LogP contribution in [-0.4, -0.2) is 76.7 Å². The minimum Gasteiger partial charge on any atom is -0.368 e. The first kappa shape index (κ1) is 17.4. The highest BCUT2D eigenvalue weighted by Crippen LogP contribution is 2.33. The third-order valence-electron chi connectivity index (χ3n) is 6.02. The molecular formula is C17H28N4O3. The molecule has 1 unspecified atom stereocenters. The summed E-state index contributed by atoms with van der Waals surface area (Å²) in [6.07, 6.45) is 4.99. The van der Waals surface area contributed by atoms with Gasteiger partial charge in [0.15, 0.2) is 0 Å². The molecule has 3 amide bonds. The number of hydrogen-bond donors (Lipinski definition) is 1. The van der Waals surface area contributed by atoms with E-state index in [0.29, 0.717) is 32.5 Å². The van der Waals surface area contributed by atoms with E-state index in [0.717, 1.165) is 25.9 Å². The molecule has 3 aliphatic rings. The normalized spacial score (nSPS) is 29.2. The Balaban J connectivity index is 1.68. The molecule has 1 atom stereocenters. The first-order chi connectivity index (χ1) is 11.5. The molecule has 3 aliphatic heterocycles. The molecule has 0 aromatic rings. The Labute approximate surface area is 143 Å². The van der Waals surface area contributed by atoms with Crippen molar-refractivity contribution in [3.63, 3.8) is 0 Å². The number of imide groups is 1. The van der Waals surface area contributed by atoms with E-state index in [2.05, 4.69) is 9.80 Å². The zero-order valence-corrected chi connectivity index (χ0v) is 14.5. The lowest BCUT2D eigenvalue weighted by Gasteiger charge is -2.48. The Hall–Kier alpha value is -1.47. The van der Waals surface area contributed by atoms with Crippen molar-refractivity contribution in [2.75, 3.05) is 32.7 Å². The number of nitrogens with zero attached hydrogens (tertiary/aromatic N) is 3. The zero-order valence-electron chi connectivity index (χ0n) is 14.5. The van der Waals surface area contributed by atoms with E-state index in [1.54, 1.807) is 0 Å². The molecule has 0 bridgehead atoms. The van der Waals surface area contributed by atoms with E-state index in [9.17, 15) is 14.4 Å². The lowest BCUT2D eigenvalue weighted by Crippen LogP contribution is -2.64. The van der Waals surface area contributed by atoms with Crippen LogP contribution >= 0.6 is 0 Å². The summed E-state index contributed by atoms with van der Waals surface area (Å²) in [7, 11) is 0. The Morgan fingerprint density at radius 3 is 2.25 bits per heavy atom. The van der Waals surface area contributed by atoms with Gasteiger partial charge in [0.25, 0.3) is 0 Å². The van der Waals surface area contributed by atoms with Crippen molar-refractivity contribution in [2.45, 2.75) is 57.0 Å². The number of likely N-dealkylation sites (tertiary alicyclic amines) is 3. The molecule has 3 fully saturated rings. The first-order valence-corrected chi connectivity index (χ1v) is 9.13. The van der Waals surface area contributed by atoms with Crippen molar-refractivity contribution in [3.05, 3.63) is 0 Å². The second kappa shape index (κ2) is 6.80. The van der Waals surface area contributed by atoms with Crippen molar-refractivity contribution in [2.24, 2.45) is 5.73 Å². The van der Waals surface area contributed by atoms with Gasteiger partial charge in [-0.2, -0.15) is 0 Å². The molecule has 3 heterocycles. The van der Waals surface area contributed by atoms with Crippen LogP contribution in [0.5, 0.6) is 0 Å². The van der Waals surface area contributed by atoms with Crippen LogP contribution in [0.15, 0.2) is 0 Å². The summed E-state index contributed by atoms with van der Waals surface area (Å²) in [5.74, 6) is -0.421. The van der Waals surface area contributed by atoms with Gasteiger partial charge in [0.1, 0.15) is 5.54 Å². The minimum atomic E-state index is -0.576. The Kier molecular flexibility index (Phi) is 4.92. The van der Waals surface area contributed by atoms with Gasteiger partial charge in [0, 0.05) is 19.6 Å². The van der Waals surface area contributed by atoms with Crippen LogP contribution in [0.3, 0.4) is 0 Å². The maximum atomic E-state index is 12.4. The fraction of sp³-hybridized carbons (Fsp3) is 0.824. The second-order valence-electron chi connectivity index (χ2n) is 7.18. The molecular weight excluding hydrogens is 308 g/mol. The smallest absolute Gasteiger partial charge is 0.247 e. The quantitative estimate of drug-likeness (QED) is 0.727. The van der Waals surface area contributed by atoms with Crippen LogP contribution in [0.4, 0.5) is 0 Å². The van der Waals surface area contributed by atoms with Crippen LogP contribution in [-0.2, 0) is 14.4 Å². The van der Waals surface area contributed by atoms with E-state index in [1.165, 1.54) is 11.3 Å². The first-order valence-electron chi connectivity index (χ1n) is 9.13. The van der Waals surface area contributed by atoms with Crippen molar-refractivity contribution >= 4 is 17.7 Å². The molecule has 0 radical (unpaired) electrons. The van der Waals surface area contributed by atoms with E-state index < -0.39 is 5.54 Å². The number of hydrogen-bond acceptors (Lipinski definition) is 5. The van der Waals surface area contributed by atoms with Crippen LogP contribution in [0, 0.1) is 0 Å². The highest BCUT2D eigenvalue weighted by atomic mass is 16.2. The van der Waals surface area contributed by atoms with Crippen LogP contribution < -0.4 is 5.73 Å². The number of nitrogens with two attached hydrogens (primary N) is 1. The lowest BCUT2D eigenvalue weighted by atomic mass is 9.83. The SMILES string of the molecule is CCN1C(=O)CC(N2CCC(C(N)=O)(N3CCCCC3)CC2)C1=O. The summed E-state index contributed by atoms with van der Waals surface area (Å²) in [6.45, 7) is 5.38. The number of carbonyl (C=O) groups is 3. The van der Waals surface area contributed by atoms with E-state index in [-0.39, 0.29) is 30.2 Å². The van der Waals surface area contributed by atoms with Crippen molar-refractivity contribution in [3.8, 4) is 0 Å². The molecule has 134 valence electrons. The largest absolute Gasteiger partial charge is 0.368 e. The summed E-state index contributed by atoms with van der Waals surface area (Å²) >= 11 is 0. The summed E-state index contributed by atoms with van der Waals surface area (Å²) in [5, 5.41) is 0. The van der Waals surface area contributed by atoms with Gasteiger partial charge in [-0.1, -0.05) is 6.42 Å². The summed E-state index contributed by atoms with van der Waals surface area (Å²) in [4.78, 5) is 42.3. The maximum Gasteiger partial charge on any atom is 0.247 e. The Morgan fingerprint density at radius 2 is 1.75 bits per heavy atom. The zero-order chi connectivity index (χ0) is 17.3. The Morgan fingerprint density at radius 1 is 1.12 bits per heavy atom. The molecule has 0 saturated carbocycles. The predicted octanol–water partition coefficient (Wildman–Crippen LogP) is -0.0604. The Bertz CT molecular complexity index is 522. The predicted molar refractivity (Wildman–Crippen MR) is 89.0 cm³/mol. The molecule has 7 heteroatoms. The average Bonchev–Trinajstić information content (AvgIpc) is 2.89. The van der Waals surface area contributed by atoms with E-state index in [4.69, 9.17) is 5.73 Å². The van der Waals surface area contributed by atoms with Crippen molar-refractivity contribution < 1.29 is 14.4 Å². The van der Waals surface area contributed by atoms with Gasteiger partial charge in [-0.3, -0.25) is 29.1 Å². The monoisotopic (exact) mass is 336 g/mol. The molecule has 0 spiro atoms. The van der Waals surface area contributed by atoms with Gasteiger partial charge in [-0.05, 0) is 45.7 Å². The number of rotatable bonds is 4. The van der Waals surface area contributed by atoms with E-state index >= 15 is 0 Å². The van der Waals surface area contributed by atoms with Gasteiger partial charge >= 0.3 is 0 Å². The molecule has 3 saturated heterocycles. The van der Waals surface area contributed by atoms with Crippen LogP contribution in [0.2, 0.25) is 0 Å². The van der Waals surface area contributed by atoms with Gasteiger partial charge in [0.05, 0.1) is 12.5 Å². The molecule has 7 nitrogen and oxygen atoms in total. The second-order valence-corrected chi connectivity index (χ2v) is 7.18. The molecule has 0 aromatic carbocycles. The number of likely N-dealkylation sites (N-methyl/N-ethyl adjacent to an activating group) is 1. The molecule has 0 aromatic heterocycles. The van der Waals surface area contributed by atoms with Crippen LogP contribution in [0.1, 0.15) is 45.4 Å². The van der Waals surface area contributed by atoms with Crippen molar-refractivity contribution in [1.82, 2.24) is 14.7 Å². The third kappa shape index (κ3) is 2.84. The van der Waals surface area contributed by atoms with Gasteiger partial charge < -0.3 is 5.73 Å². The van der Waals surface area contributed by atoms with Crippen molar-refractivity contribution in [1.29, 1.82) is 0 Å². The van der Waals surface area contributed by atoms with Gasteiger partial charge in [0.2, 0.25) is 17.7 Å². The molecule has 0 aliphatic carbocycles. The van der Waals surface area contributed by atoms with Crippen LogP contribution in [0.25, 0.3) is 0 Å². The molecule has 2 N–H and O–H groups in total. The summed E-state index contributed by atoms with van der Waals surface area (Å²) < 4.78 is 0. The number of amides is 3. The number of primary amides is 1. The average molecular weight is 336 g/mol. The minimum absolute atomic E-state index is 0.0877. The van der Waals surface area contributed by atoms with E-state index in [1.807, 2.05) is 6.92 Å². The third-order valence-corrected chi connectivity index (χ3v) is 6.02. The highest BCUT2D eigenvalue weighted by Gasteiger charge is 2.48. The standard InChI is InChI=1S/C17H28N4O3/c1-2-21-14(22)12-13(15(21)23)19-10-6-17(7-11-19,16(18)24)20-8-4-3-5-9-20/h13H,2-12H2,1H3,(H2,18,24). The number of piperidine rings is 2. The molecule has 3 rings (SSSR count). The lowest BCUT2D eigenvalue weighted by molar-refractivity contribution is -0.140. The fourth-order valence-electron chi connectivity index (χ4n) is 4.53. The van der Waals surface area contributed by atoms with Gasteiger partial charge in [-0.25, -0.2) is 0 Å². The van der Waals surface area contributed by atoms with Gasteiger partial charge in [-0.15, -0.1) is 0 Å². The summed E-state index contributed by atoms with van der Waals surface area (Å²) in [6, 6.07) is -0.357. The summed E-state index contributed by atoms with van der Waals surface area (Å²) in [5.41, 5.74) is 5.22. The fourth-order valence-corrected chi connectivity index (χ4v) is 4.53. The molecule has 24 heavy (non-hydrogen) atoms. The highest BCUT2D eigenvalue weighted by molar-refractivity contribution is 6.05.